The first-order valence-corrected chi connectivity index (χ1v) is 8.59. The lowest BCUT2D eigenvalue weighted by Gasteiger charge is -2.21. The summed E-state index contributed by atoms with van der Waals surface area (Å²) in [5, 5.41) is 12.2. The highest BCUT2D eigenvalue weighted by Gasteiger charge is 2.18. The average Bonchev–Trinajstić information content (AvgIpc) is 2.69. The van der Waals surface area contributed by atoms with Crippen molar-refractivity contribution < 1.29 is 4.79 Å². The van der Waals surface area contributed by atoms with Crippen LogP contribution in [0, 0.1) is 18.3 Å². The number of para-hydroxylation sites is 1. The number of hydrogen-bond acceptors (Lipinski definition) is 5. The van der Waals surface area contributed by atoms with Gasteiger partial charge < -0.3 is 10.2 Å². The molecule has 134 valence electrons. The highest BCUT2D eigenvalue weighted by Crippen LogP contribution is 2.20. The normalized spacial score (nSPS) is 10.1. The number of carbonyl (C=O) groups excluding carboxylic acids is 1. The molecule has 0 aliphatic carbocycles. The Kier molecular flexibility index (Phi) is 5.43. The summed E-state index contributed by atoms with van der Waals surface area (Å²) in [4.78, 5) is 23.0. The number of nitriles is 1. The van der Waals surface area contributed by atoms with Crippen molar-refractivity contribution >= 4 is 23.1 Å². The zero-order valence-corrected chi connectivity index (χ0v) is 15.2. The van der Waals surface area contributed by atoms with Crippen molar-refractivity contribution in [3.8, 4) is 6.07 Å². The van der Waals surface area contributed by atoms with Crippen LogP contribution in [0.4, 0.5) is 17.2 Å². The maximum Gasteiger partial charge on any atom is 0.278 e. The fourth-order valence-electron chi connectivity index (χ4n) is 2.71. The Morgan fingerprint density at radius 3 is 2.63 bits per heavy atom. The van der Waals surface area contributed by atoms with Crippen LogP contribution in [0.5, 0.6) is 0 Å². The maximum absolute atomic E-state index is 12.8. The number of carbonyl (C=O) groups is 1. The van der Waals surface area contributed by atoms with E-state index < -0.39 is 0 Å². The number of nitrogens with one attached hydrogen (secondary N) is 1. The minimum Gasteiger partial charge on any atom is -0.338 e. The van der Waals surface area contributed by atoms with E-state index in [0.29, 0.717) is 23.6 Å². The van der Waals surface area contributed by atoms with Crippen LogP contribution in [0.2, 0.25) is 0 Å². The molecule has 0 radical (unpaired) electrons. The molecule has 0 unspecified atom stereocenters. The van der Waals surface area contributed by atoms with Crippen molar-refractivity contribution in [1.82, 2.24) is 9.97 Å². The number of anilines is 3. The third kappa shape index (κ3) is 4.10. The SMILES string of the molecule is CCN(C(=O)c1cnc(Nc2ccccc2C#N)cn1)c1cccc(C)c1. The Morgan fingerprint density at radius 2 is 1.96 bits per heavy atom. The average molecular weight is 357 g/mol. The molecule has 0 fully saturated rings. The minimum absolute atomic E-state index is 0.209. The lowest BCUT2D eigenvalue weighted by molar-refractivity contribution is 0.0983. The van der Waals surface area contributed by atoms with Crippen molar-refractivity contribution in [3.05, 3.63) is 77.7 Å². The van der Waals surface area contributed by atoms with Crippen molar-refractivity contribution in [3.63, 3.8) is 0 Å². The molecule has 0 saturated carbocycles. The van der Waals surface area contributed by atoms with Crippen molar-refractivity contribution in [2.24, 2.45) is 0 Å². The molecule has 0 spiro atoms. The van der Waals surface area contributed by atoms with E-state index in [-0.39, 0.29) is 11.6 Å². The van der Waals surface area contributed by atoms with E-state index in [1.807, 2.05) is 44.2 Å². The van der Waals surface area contributed by atoms with Gasteiger partial charge in [-0.1, -0.05) is 24.3 Å². The van der Waals surface area contributed by atoms with Crippen LogP contribution in [-0.2, 0) is 0 Å². The molecule has 1 N–H and O–H groups in total. The van der Waals surface area contributed by atoms with Crippen LogP contribution in [0.1, 0.15) is 28.5 Å². The summed E-state index contributed by atoms with van der Waals surface area (Å²) in [6.45, 7) is 4.43. The summed E-state index contributed by atoms with van der Waals surface area (Å²) in [5.74, 6) is 0.257. The quantitative estimate of drug-likeness (QED) is 0.744. The predicted molar refractivity (Wildman–Crippen MR) is 105 cm³/mol. The fourth-order valence-corrected chi connectivity index (χ4v) is 2.71. The Labute approximate surface area is 158 Å². The molecule has 0 saturated heterocycles. The molecule has 0 atom stereocenters. The number of aryl methyl sites for hydroxylation is 1. The molecule has 27 heavy (non-hydrogen) atoms. The molecular weight excluding hydrogens is 338 g/mol. The molecule has 0 bridgehead atoms. The summed E-state index contributed by atoms with van der Waals surface area (Å²) in [6, 6.07) is 17.0. The van der Waals surface area contributed by atoms with E-state index in [0.717, 1.165) is 11.3 Å². The molecule has 3 aromatic rings. The zero-order chi connectivity index (χ0) is 19.2. The Bertz CT molecular complexity index is 992. The number of rotatable bonds is 5. The van der Waals surface area contributed by atoms with Gasteiger partial charge in [0.05, 0.1) is 23.6 Å². The lowest BCUT2D eigenvalue weighted by Crippen LogP contribution is -2.31. The second-order valence-electron chi connectivity index (χ2n) is 5.96. The van der Waals surface area contributed by atoms with E-state index in [1.165, 1.54) is 12.4 Å². The van der Waals surface area contributed by atoms with Crippen molar-refractivity contribution in [2.75, 3.05) is 16.8 Å². The summed E-state index contributed by atoms with van der Waals surface area (Å²) < 4.78 is 0. The smallest absolute Gasteiger partial charge is 0.278 e. The lowest BCUT2D eigenvalue weighted by atomic mass is 10.2. The number of amides is 1. The van der Waals surface area contributed by atoms with Crippen LogP contribution in [0.25, 0.3) is 0 Å². The monoisotopic (exact) mass is 357 g/mol. The molecule has 6 heteroatoms. The van der Waals surface area contributed by atoms with Crippen molar-refractivity contribution in [2.45, 2.75) is 13.8 Å². The van der Waals surface area contributed by atoms with Gasteiger partial charge in [0.2, 0.25) is 0 Å². The van der Waals surface area contributed by atoms with Crippen LogP contribution in [-0.4, -0.2) is 22.4 Å². The van der Waals surface area contributed by atoms with Crippen LogP contribution >= 0.6 is 0 Å². The summed E-state index contributed by atoms with van der Waals surface area (Å²) in [7, 11) is 0. The summed E-state index contributed by atoms with van der Waals surface area (Å²) in [6.07, 6.45) is 2.93. The molecule has 1 aromatic heterocycles. The van der Waals surface area contributed by atoms with Crippen LogP contribution in [0.3, 0.4) is 0 Å². The van der Waals surface area contributed by atoms with E-state index in [1.54, 1.807) is 23.1 Å². The van der Waals surface area contributed by atoms with Crippen LogP contribution < -0.4 is 10.2 Å². The standard InChI is InChI=1S/C21H19N5O/c1-3-26(17-9-6-7-15(2)11-17)21(27)19-13-24-20(14-23-19)25-18-10-5-4-8-16(18)12-22/h4-11,13-14H,3H2,1-2H3,(H,24,25). The maximum atomic E-state index is 12.8. The first-order valence-electron chi connectivity index (χ1n) is 8.59. The number of benzene rings is 2. The number of aromatic nitrogens is 2. The van der Waals surface area contributed by atoms with Crippen molar-refractivity contribution in [1.29, 1.82) is 5.26 Å². The van der Waals surface area contributed by atoms with Gasteiger partial charge in [-0.3, -0.25) is 4.79 Å². The Hall–Kier alpha value is -3.72. The van der Waals surface area contributed by atoms with Gasteiger partial charge in [-0.2, -0.15) is 5.26 Å². The van der Waals surface area contributed by atoms with E-state index in [9.17, 15) is 4.79 Å². The van der Waals surface area contributed by atoms with Gasteiger partial charge in [0, 0.05) is 12.2 Å². The first-order chi connectivity index (χ1) is 13.1. The second kappa shape index (κ2) is 8.11. The summed E-state index contributed by atoms with van der Waals surface area (Å²) in [5.41, 5.74) is 3.33. The Morgan fingerprint density at radius 1 is 1.15 bits per heavy atom. The zero-order valence-electron chi connectivity index (χ0n) is 15.2. The fraction of sp³-hybridized carbons (Fsp3) is 0.143. The molecule has 3 rings (SSSR count). The van der Waals surface area contributed by atoms with Gasteiger partial charge in [-0.25, -0.2) is 9.97 Å². The molecular formula is C21H19N5O. The predicted octanol–water partition coefficient (Wildman–Crippen LogP) is 4.07. The third-order valence-electron chi connectivity index (χ3n) is 4.06. The van der Waals surface area contributed by atoms with Gasteiger partial charge >= 0.3 is 0 Å². The van der Waals surface area contributed by atoms with E-state index >= 15 is 0 Å². The van der Waals surface area contributed by atoms with Gasteiger partial charge in [-0.05, 0) is 43.7 Å². The van der Waals surface area contributed by atoms with E-state index in [4.69, 9.17) is 5.26 Å². The molecule has 1 heterocycles. The molecule has 0 aliphatic heterocycles. The minimum atomic E-state index is -0.209. The largest absolute Gasteiger partial charge is 0.338 e. The molecule has 1 amide bonds. The molecule has 6 nitrogen and oxygen atoms in total. The number of hydrogen-bond donors (Lipinski definition) is 1. The topological polar surface area (TPSA) is 81.9 Å². The third-order valence-corrected chi connectivity index (χ3v) is 4.06. The molecule has 0 aliphatic rings. The van der Waals surface area contributed by atoms with Gasteiger partial charge in [0.25, 0.3) is 5.91 Å². The summed E-state index contributed by atoms with van der Waals surface area (Å²) >= 11 is 0. The van der Waals surface area contributed by atoms with Crippen LogP contribution in [0.15, 0.2) is 60.9 Å². The second-order valence-corrected chi connectivity index (χ2v) is 5.96. The number of nitrogens with zero attached hydrogens (tertiary/aromatic N) is 4. The van der Waals surface area contributed by atoms with Gasteiger partial charge in [0.15, 0.2) is 0 Å². The Balaban J connectivity index is 1.80. The highest BCUT2D eigenvalue weighted by molar-refractivity contribution is 6.04. The molecule has 2 aromatic carbocycles. The van der Waals surface area contributed by atoms with Gasteiger partial charge in [-0.15, -0.1) is 0 Å². The first kappa shape index (κ1) is 18.1. The van der Waals surface area contributed by atoms with E-state index in [2.05, 4.69) is 21.4 Å². The van der Waals surface area contributed by atoms with Gasteiger partial charge in [0.1, 0.15) is 17.6 Å². The highest BCUT2D eigenvalue weighted by atomic mass is 16.2.